The summed E-state index contributed by atoms with van der Waals surface area (Å²) in [7, 11) is 0. The molecule has 0 saturated carbocycles. The highest BCUT2D eigenvalue weighted by Gasteiger charge is 2.31. The molecule has 1 aliphatic heterocycles. The Morgan fingerprint density at radius 2 is 1.75 bits per heavy atom. The van der Waals surface area contributed by atoms with Gasteiger partial charge in [0.05, 0.1) is 11.6 Å². The van der Waals surface area contributed by atoms with E-state index in [1.807, 2.05) is 12.3 Å². The standard InChI is InChI=1S/C25H30N2O/c1-25(2,3)21-10-8-18(9-11-21)15-27-16-20(24(28)17-27)14-19-12-13-26-23-7-5-4-6-22(19)23/h4-13,20,24,28H,14-17H2,1-3H3/t20-,24+/m1/s1. The molecule has 0 bridgehead atoms. The van der Waals surface area contributed by atoms with Crippen molar-refractivity contribution in [2.45, 2.75) is 45.3 Å². The summed E-state index contributed by atoms with van der Waals surface area (Å²) in [6, 6.07) is 19.3. The molecule has 0 aliphatic carbocycles. The third kappa shape index (κ3) is 4.11. The number of aromatic nitrogens is 1. The Hall–Kier alpha value is -2.23. The number of fused-ring (bicyclic) bond motifs is 1. The normalized spacial score (nSPS) is 20.7. The van der Waals surface area contributed by atoms with Gasteiger partial charge in [0.1, 0.15) is 0 Å². The van der Waals surface area contributed by atoms with E-state index in [2.05, 4.69) is 79.2 Å². The maximum absolute atomic E-state index is 10.7. The number of hydrogen-bond acceptors (Lipinski definition) is 3. The number of β-amino-alcohol motifs (C(OH)–C–C–N with tert-alkyl or cyclic N) is 1. The van der Waals surface area contributed by atoms with Crippen molar-refractivity contribution in [3.8, 4) is 0 Å². The summed E-state index contributed by atoms with van der Waals surface area (Å²) < 4.78 is 0. The lowest BCUT2D eigenvalue weighted by molar-refractivity contribution is 0.141. The SMILES string of the molecule is CC(C)(C)c1ccc(CN2C[C@@H](Cc3ccnc4ccccc34)[C@@H](O)C2)cc1. The van der Waals surface area contributed by atoms with Gasteiger partial charge in [0.25, 0.3) is 0 Å². The van der Waals surface area contributed by atoms with E-state index < -0.39 is 0 Å². The Labute approximate surface area is 168 Å². The zero-order valence-corrected chi connectivity index (χ0v) is 17.1. The lowest BCUT2D eigenvalue weighted by atomic mass is 9.87. The molecule has 1 aliphatic rings. The molecule has 1 N–H and O–H groups in total. The summed E-state index contributed by atoms with van der Waals surface area (Å²) >= 11 is 0. The second-order valence-corrected chi connectivity index (χ2v) is 9.16. The fraction of sp³-hybridized carbons (Fsp3) is 0.400. The van der Waals surface area contributed by atoms with Crippen LogP contribution in [0.5, 0.6) is 0 Å². The van der Waals surface area contributed by atoms with Crippen LogP contribution in [-0.2, 0) is 18.4 Å². The first kappa shape index (κ1) is 19.1. The number of aliphatic hydroxyl groups excluding tert-OH is 1. The van der Waals surface area contributed by atoms with Gasteiger partial charge in [-0.25, -0.2) is 0 Å². The molecule has 4 rings (SSSR count). The van der Waals surface area contributed by atoms with Crippen molar-refractivity contribution in [3.05, 3.63) is 77.5 Å². The van der Waals surface area contributed by atoms with Crippen LogP contribution in [0.3, 0.4) is 0 Å². The summed E-state index contributed by atoms with van der Waals surface area (Å²) in [4.78, 5) is 6.84. The lowest BCUT2D eigenvalue weighted by Gasteiger charge is -2.20. The first-order chi connectivity index (χ1) is 13.4. The molecular formula is C25H30N2O. The lowest BCUT2D eigenvalue weighted by Crippen LogP contribution is -2.21. The fourth-order valence-electron chi connectivity index (χ4n) is 4.26. The van der Waals surface area contributed by atoms with Gasteiger partial charge in [-0.05, 0) is 40.7 Å². The van der Waals surface area contributed by atoms with Gasteiger partial charge in [0.15, 0.2) is 0 Å². The number of para-hydroxylation sites is 1. The van der Waals surface area contributed by atoms with Crippen LogP contribution in [0.1, 0.15) is 37.5 Å². The number of hydrogen-bond donors (Lipinski definition) is 1. The summed E-state index contributed by atoms with van der Waals surface area (Å²) in [5, 5.41) is 11.9. The van der Waals surface area contributed by atoms with Gasteiger partial charge < -0.3 is 5.11 Å². The number of rotatable bonds is 4. The second-order valence-electron chi connectivity index (χ2n) is 9.16. The fourth-order valence-corrected chi connectivity index (χ4v) is 4.26. The predicted octanol–water partition coefficient (Wildman–Crippen LogP) is 4.57. The van der Waals surface area contributed by atoms with Crippen molar-refractivity contribution in [1.29, 1.82) is 0 Å². The van der Waals surface area contributed by atoms with Crippen LogP contribution < -0.4 is 0 Å². The van der Waals surface area contributed by atoms with Crippen LogP contribution in [0.2, 0.25) is 0 Å². The highest BCUT2D eigenvalue weighted by Crippen LogP contribution is 2.27. The molecule has 2 atom stereocenters. The minimum Gasteiger partial charge on any atom is -0.391 e. The van der Waals surface area contributed by atoms with Gasteiger partial charge in [0, 0.05) is 37.1 Å². The van der Waals surface area contributed by atoms with Crippen molar-refractivity contribution in [2.24, 2.45) is 5.92 Å². The van der Waals surface area contributed by atoms with E-state index in [1.54, 1.807) is 0 Å². The Morgan fingerprint density at radius 1 is 1.00 bits per heavy atom. The highest BCUT2D eigenvalue weighted by molar-refractivity contribution is 5.81. The highest BCUT2D eigenvalue weighted by atomic mass is 16.3. The first-order valence-corrected chi connectivity index (χ1v) is 10.2. The monoisotopic (exact) mass is 374 g/mol. The maximum Gasteiger partial charge on any atom is 0.0710 e. The minimum absolute atomic E-state index is 0.181. The van der Waals surface area contributed by atoms with E-state index in [4.69, 9.17) is 0 Å². The van der Waals surface area contributed by atoms with E-state index in [9.17, 15) is 5.11 Å². The first-order valence-electron chi connectivity index (χ1n) is 10.2. The largest absolute Gasteiger partial charge is 0.391 e. The molecule has 1 aromatic heterocycles. The smallest absolute Gasteiger partial charge is 0.0710 e. The van der Waals surface area contributed by atoms with Crippen molar-refractivity contribution < 1.29 is 5.11 Å². The summed E-state index contributed by atoms with van der Waals surface area (Å²) in [5.41, 5.74) is 5.17. The number of benzene rings is 2. The molecule has 3 aromatic rings. The predicted molar refractivity (Wildman–Crippen MR) is 115 cm³/mol. The number of likely N-dealkylation sites (tertiary alicyclic amines) is 1. The van der Waals surface area contributed by atoms with E-state index in [0.29, 0.717) is 0 Å². The number of pyridine rings is 1. The van der Waals surface area contributed by atoms with Crippen molar-refractivity contribution in [1.82, 2.24) is 9.88 Å². The Balaban J connectivity index is 1.43. The summed E-state index contributed by atoms with van der Waals surface area (Å²) in [6.45, 7) is 9.30. The van der Waals surface area contributed by atoms with Gasteiger partial charge >= 0.3 is 0 Å². The van der Waals surface area contributed by atoms with Crippen LogP contribution >= 0.6 is 0 Å². The Kier molecular flexibility index (Phi) is 5.22. The van der Waals surface area contributed by atoms with Gasteiger partial charge in [0.2, 0.25) is 0 Å². The van der Waals surface area contributed by atoms with E-state index in [-0.39, 0.29) is 17.4 Å². The van der Waals surface area contributed by atoms with Crippen molar-refractivity contribution in [3.63, 3.8) is 0 Å². The van der Waals surface area contributed by atoms with E-state index in [0.717, 1.165) is 31.6 Å². The molecule has 2 aromatic carbocycles. The molecule has 2 heterocycles. The average Bonchev–Trinajstić information content (AvgIpc) is 3.01. The third-order valence-electron chi connectivity index (χ3n) is 5.93. The van der Waals surface area contributed by atoms with Gasteiger partial charge in [-0.15, -0.1) is 0 Å². The molecule has 0 amide bonds. The average molecular weight is 375 g/mol. The maximum atomic E-state index is 10.7. The molecule has 28 heavy (non-hydrogen) atoms. The molecule has 1 saturated heterocycles. The molecular weight excluding hydrogens is 344 g/mol. The number of nitrogens with zero attached hydrogens (tertiary/aromatic N) is 2. The van der Waals surface area contributed by atoms with Gasteiger partial charge in [-0.3, -0.25) is 9.88 Å². The van der Waals surface area contributed by atoms with Crippen LogP contribution in [0.15, 0.2) is 60.8 Å². The zero-order chi connectivity index (χ0) is 19.7. The van der Waals surface area contributed by atoms with Crippen LogP contribution in [-0.4, -0.2) is 34.2 Å². The topological polar surface area (TPSA) is 36.4 Å². The molecule has 0 unspecified atom stereocenters. The molecule has 0 radical (unpaired) electrons. The molecule has 146 valence electrons. The van der Waals surface area contributed by atoms with Crippen molar-refractivity contribution in [2.75, 3.05) is 13.1 Å². The molecule has 0 spiro atoms. The zero-order valence-electron chi connectivity index (χ0n) is 17.1. The Morgan fingerprint density at radius 3 is 2.50 bits per heavy atom. The van der Waals surface area contributed by atoms with Crippen LogP contribution in [0.25, 0.3) is 10.9 Å². The van der Waals surface area contributed by atoms with Crippen LogP contribution in [0, 0.1) is 5.92 Å². The Bertz CT molecular complexity index is 937. The summed E-state index contributed by atoms with van der Waals surface area (Å²) in [6.07, 6.45) is 2.50. The van der Waals surface area contributed by atoms with E-state index in [1.165, 1.54) is 22.1 Å². The second kappa shape index (κ2) is 7.65. The van der Waals surface area contributed by atoms with E-state index >= 15 is 0 Å². The quantitative estimate of drug-likeness (QED) is 0.727. The number of aliphatic hydroxyl groups is 1. The summed E-state index contributed by atoms with van der Waals surface area (Å²) in [5.74, 6) is 0.264. The molecule has 1 fully saturated rings. The van der Waals surface area contributed by atoms with Crippen LogP contribution in [0.4, 0.5) is 0 Å². The van der Waals surface area contributed by atoms with Gasteiger partial charge in [-0.2, -0.15) is 0 Å². The molecule has 3 nitrogen and oxygen atoms in total. The molecule has 3 heteroatoms. The van der Waals surface area contributed by atoms with Gasteiger partial charge in [-0.1, -0.05) is 63.2 Å². The third-order valence-corrected chi connectivity index (χ3v) is 5.93. The van der Waals surface area contributed by atoms with Crippen molar-refractivity contribution >= 4 is 10.9 Å². The minimum atomic E-state index is -0.277.